The van der Waals surface area contributed by atoms with Crippen LogP contribution in [0.1, 0.15) is 60.8 Å². The zero-order chi connectivity index (χ0) is 31.2. The third-order valence-electron chi connectivity index (χ3n) is 8.68. The average Bonchev–Trinajstić information content (AvgIpc) is 3.45. The Bertz CT molecular complexity index is 1590. The maximum Gasteiger partial charge on any atom is 0.318 e. The molecule has 3 amide bonds. The lowest BCUT2D eigenvalue weighted by Gasteiger charge is -2.34. The summed E-state index contributed by atoms with van der Waals surface area (Å²) in [5.41, 5.74) is 6.27. The van der Waals surface area contributed by atoms with Gasteiger partial charge in [-0.15, -0.1) is 0 Å². The van der Waals surface area contributed by atoms with Crippen LogP contribution in [0.3, 0.4) is 0 Å². The first-order valence-electron chi connectivity index (χ1n) is 15.6. The summed E-state index contributed by atoms with van der Waals surface area (Å²) in [7, 11) is 4.01. The molecule has 1 aliphatic heterocycles. The molecule has 1 aromatic heterocycles. The van der Waals surface area contributed by atoms with Crippen LogP contribution in [0.5, 0.6) is 5.75 Å². The zero-order valence-corrected chi connectivity index (χ0v) is 26.5. The van der Waals surface area contributed by atoms with E-state index in [0.29, 0.717) is 37.1 Å². The number of amides is 3. The molecule has 1 fully saturated rings. The van der Waals surface area contributed by atoms with Gasteiger partial charge in [0.1, 0.15) is 11.8 Å². The van der Waals surface area contributed by atoms with Gasteiger partial charge in [-0.1, -0.05) is 55.5 Å². The second-order valence-corrected chi connectivity index (χ2v) is 12.1. The van der Waals surface area contributed by atoms with Crippen molar-refractivity contribution in [2.45, 2.75) is 58.0 Å². The predicted molar refractivity (Wildman–Crippen MR) is 177 cm³/mol. The highest BCUT2D eigenvalue weighted by Gasteiger charge is 2.33. The Morgan fingerprint density at radius 3 is 2.50 bits per heavy atom. The number of rotatable bonds is 10. The van der Waals surface area contributed by atoms with Crippen molar-refractivity contribution >= 4 is 28.5 Å². The predicted octanol–water partition coefficient (Wildman–Crippen LogP) is 6.64. The third kappa shape index (κ3) is 7.08. The molecule has 5 rings (SSSR count). The first-order valence-corrected chi connectivity index (χ1v) is 15.6. The number of ether oxygens (including phenoxy) is 1. The van der Waals surface area contributed by atoms with Crippen molar-refractivity contribution in [3.63, 3.8) is 0 Å². The van der Waals surface area contributed by atoms with Crippen LogP contribution in [-0.4, -0.2) is 66.6 Å². The molecular weight excluding hydrogens is 550 g/mol. The lowest BCUT2D eigenvalue weighted by atomic mass is 9.87. The van der Waals surface area contributed by atoms with Crippen LogP contribution in [0.15, 0.2) is 72.9 Å². The number of carbonyl (C=O) groups is 2. The van der Waals surface area contributed by atoms with Gasteiger partial charge < -0.3 is 30.2 Å². The van der Waals surface area contributed by atoms with Crippen molar-refractivity contribution < 1.29 is 14.3 Å². The minimum Gasteiger partial charge on any atom is -0.492 e. The van der Waals surface area contributed by atoms with Gasteiger partial charge in [0.25, 0.3) is 0 Å². The van der Waals surface area contributed by atoms with Gasteiger partial charge in [-0.05, 0) is 87.2 Å². The summed E-state index contributed by atoms with van der Waals surface area (Å²) in [6.07, 6.45) is 3.73. The average molecular weight is 596 g/mol. The molecule has 0 bridgehead atoms. The Morgan fingerprint density at radius 1 is 1.05 bits per heavy atom. The smallest absolute Gasteiger partial charge is 0.318 e. The van der Waals surface area contributed by atoms with Gasteiger partial charge in [-0.25, -0.2) is 4.79 Å². The van der Waals surface area contributed by atoms with Crippen molar-refractivity contribution in [3.05, 3.63) is 95.2 Å². The number of aryl methyl sites for hydroxylation is 1. The number of hydrogen-bond donors (Lipinski definition) is 3. The number of piperidine rings is 1. The van der Waals surface area contributed by atoms with Gasteiger partial charge >= 0.3 is 6.03 Å². The third-order valence-corrected chi connectivity index (χ3v) is 8.68. The van der Waals surface area contributed by atoms with Crippen LogP contribution in [-0.2, 0) is 11.3 Å². The SMILES string of the molecule is CCOc1ccc(CN(C)C)cc1NC(=O)[C@H](NC(=O)N1CCC(c2ccccc2C)CC1)[C@@H](C)c1c[nH]c2ccccc12. The number of hydrogen-bond acceptors (Lipinski definition) is 4. The Balaban J connectivity index is 1.38. The zero-order valence-electron chi connectivity index (χ0n) is 26.5. The second-order valence-electron chi connectivity index (χ2n) is 12.1. The summed E-state index contributed by atoms with van der Waals surface area (Å²) in [5, 5.41) is 7.29. The van der Waals surface area contributed by atoms with Crippen molar-refractivity contribution in [2.75, 3.05) is 39.1 Å². The van der Waals surface area contributed by atoms with Crippen molar-refractivity contribution in [1.82, 2.24) is 20.1 Å². The van der Waals surface area contributed by atoms with E-state index in [2.05, 4.69) is 51.7 Å². The van der Waals surface area contributed by atoms with Gasteiger partial charge in [-0.3, -0.25) is 4.79 Å². The molecule has 0 spiro atoms. The summed E-state index contributed by atoms with van der Waals surface area (Å²) >= 11 is 0. The molecule has 3 aromatic carbocycles. The molecule has 0 unspecified atom stereocenters. The molecule has 2 atom stereocenters. The number of nitrogens with one attached hydrogen (secondary N) is 3. The van der Waals surface area contributed by atoms with Crippen LogP contribution in [0.25, 0.3) is 10.9 Å². The number of anilines is 1. The minimum absolute atomic E-state index is 0.216. The van der Waals surface area contributed by atoms with E-state index >= 15 is 0 Å². The monoisotopic (exact) mass is 595 g/mol. The number of aromatic amines is 1. The van der Waals surface area contributed by atoms with E-state index in [9.17, 15) is 9.59 Å². The number of aromatic nitrogens is 1. The summed E-state index contributed by atoms with van der Waals surface area (Å²) in [6, 6.07) is 21.4. The lowest BCUT2D eigenvalue weighted by Crippen LogP contribution is -2.53. The Kier molecular flexibility index (Phi) is 9.90. The van der Waals surface area contributed by atoms with E-state index in [1.165, 1.54) is 11.1 Å². The van der Waals surface area contributed by atoms with E-state index in [4.69, 9.17) is 4.74 Å². The van der Waals surface area contributed by atoms with Crippen LogP contribution >= 0.6 is 0 Å². The summed E-state index contributed by atoms with van der Waals surface area (Å²) in [5.74, 6) is 0.441. The fourth-order valence-corrected chi connectivity index (χ4v) is 6.36. The van der Waals surface area contributed by atoms with E-state index < -0.39 is 6.04 Å². The topological polar surface area (TPSA) is 89.7 Å². The fraction of sp³-hybridized carbons (Fsp3) is 0.389. The minimum atomic E-state index is -0.817. The van der Waals surface area contributed by atoms with Crippen LogP contribution in [0.4, 0.5) is 10.5 Å². The highest BCUT2D eigenvalue weighted by molar-refractivity contribution is 5.99. The van der Waals surface area contributed by atoms with Crippen molar-refractivity contribution in [2.24, 2.45) is 0 Å². The first-order chi connectivity index (χ1) is 21.2. The molecular formula is C36H45N5O3. The van der Waals surface area contributed by atoms with Crippen LogP contribution in [0.2, 0.25) is 0 Å². The van der Waals surface area contributed by atoms with Gasteiger partial charge in [0.05, 0.1) is 12.3 Å². The van der Waals surface area contributed by atoms with E-state index in [1.807, 2.05) is 81.5 Å². The van der Waals surface area contributed by atoms with Gasteiger partial charge in [0.2, 0.25) is 5.91 Å². The Morgan fingerprint density at radius 2 is 1.77 bits per heavy atom. The number of urea groups is 1. The Hall–Kier alpha value is -4.30. The summed E-state index contributed by atoms with van der Waals surface area (Å²) < 4.78 is 5.87. The summed E-state index contributed by atoms with van der Waals surface area (Å²) in [6.45, 7) is 8.54. The Labute approximate surface area is 260 Å². The number of likely N-dealkylation sites (tertiary alicyclic amines) is 1. The molecule has 44 heavy (non-hydrogen) atoms. The standard InChI is InChI=1S/C36H45N5O3/c1-6-44-33-16-15-26(23-40(4)5)21-32(33)38-35(42)34(25(3)30-22-37-31-14-10-9-13-29(30)31)39-36(43)41-19-17-27(18-20-41)28-12-8-7-11-24(28)2/h7-16,21-22,25,27,34,37H,6,17-20,23H2,1-5H3,(H,38,42)(H,39,43)/t25-,34+/m0/s1. The normalized spacial score (nSPS) is 15.3. The molecule has 1 saturated heterocycles. The molecule has 3 N–H and O–H groups in total. The molecule has 0 aliphatic carbocycles. The van der Waals surface area contributed by atoms with Crippen LogP contribution in [0, 0.1) is 6.92 Å². The van der Waals surface area contributed by atoms with Crippen molar-refractivity contribution in [1.29, 1.82) is 0 Å². The van der Waals surface area contributed by atoms with Gasteiger partial charge in [0.15, 0.2) is 0 Å². The lowest BCUT2D eigenvalue weighted by molar-refractivity contribution is -0.118. The molecule has 0 saturated carbocycles. The maximum atomic E-state index is 14.1. The highest BCUT2D eigenvalue weighted by atomic mass is 16.5. The molecule has 4 aromatic rings. The number of benzene rings is 3. The fourth-order valence-electron chi connectivity index (χ4n) is 6.36. The van der Waals surface area contributed by atoms with Gasteiger partial charge in [0, 0.05) is 42.7 Å². The van der Waals surface area contributed by atoms with E-state index in [0.717, 1.165) is 41.4 Å². The number of fused-ring (bicyclic) bond motifs is 1. The number of nitrogens with zero attached hydrogens (tertiary/aromatic N) is 2. The molecule has 8 nitrogen and oxygen atoms in total. The maximum absolute atomic E-state index is 14.1. The quantitative estimate of drug-likeness (QED) is 0.192. The number of para-hydroxylation sites is 1. The molecule has 232 valence electrons. The molecule has 0 radical (unpaired) electrons. The van der Waals surface area contributed by atoms with Crippen LogP contribution < -0.4 is 15.4 Å². The van der Waals surface area contributed by atoms with Crippen molar-refractivity contribution in [3.8, 4) is 5.75 Å². The van der Waals surface area contributed by atoms with Gasteiger partial charge in [-0.2, -0.15) is 0 Å². The largest absolute Gasteiger partial charge is 0.492 e. The highest BCUT2D eigenvalue weighted by Crippen LogP contribution is 2.32. The van der Waals surface area contributed by atoms with E-state index in [-0.39, 0.29) is 17.9 Å². The molecule has 1 aliphatic rings. The first kappa shape index (κ1) is 31.1. The number of H-pyrrole nitrogens is 1. The van der Waals surface area contributed by atoms with E-state index in [1.54, 1.807) is 0 Å². The number of carbonyl (C=O) groups excluding carboxylic acids is 2. The second kappa shape index (κ2) is 14.0. The molecule has 2 heterocycles. The molecule has 8 heteroatoms. The summed E-state index contributed by atoms with van der Waals surface area (Å²) in [4.78, 5) is 35.2.